The highest BCUT2D eigenvalue weighted by atomic mass is 35.5. The number of hydrogen-bond acceptors (Lipinski definition) is 7. The number of aromatic nitrogens is 5. The minimum atomic E-state index is -0.372. The molecule has 9 nitrogen and oxygen atoms in total. The van der Waals surface area contributed by atoms with Gasteiger partial charge >= 0.3 is 0 Å². The van der Waals surface area contributed by atoms with Crippen LogP contribution in [0.15, 0.2) is 41.3 Å². The molecule has 0 saturated heterocycles. The number of carbonyl (C=O) groups excluding carboxylic acids is 1. The third kappa shape index (κ3) is 4.04. The quantitative estimate of drug-likeness (QED) is 0.518. The summed E-state index contributed by atoms with van der Waals surface area (Å²) in [5, 5.41) is 3.35. The van der Waals surface area contributed by atoms with Crippen LogP contribution in [0.2, 0.25) is 5.02 Å². The second kappa shape index (κ2) is 7.88. The maximum Gasteiger partial charge on any atom is 0.271 e. The minimum Gasteiger partial charge on any atom is -0.478 e. The van der Waals surface area contributed by atoms with Crippen LogP contribution in [0.3, 0.4) is 0 Å². The molecule has 0 aliphatic rings. The van der Waals surface area contributed by atoms with E-state index in [9.17, 15) is 4.79 Å². The van der Waals surface area contributed by atoms with E-state index in [4.69, 9.17) is 20.8 Å². The molecule has 10 heteroatoms. The number of nitrogens with one attached hydrogen (secondary N) is 1. The molecule has 0 radical (unpaired) electrons. The summed E-state index contributed by atoms with van der Waals surface area (Å²) in [6.07, 6.45) is 5.22. The lowest BCUT2D eigenvalue weighted by molar-refractivity contribution is 0.0947. The van der Waals surface area contributed by atoms with Gasteiger partial charge in [-0.1, -0.05) is 11.6 Å². The summed E-state index contributed by atoms with van der Waals surface area (Å²) in [6.45, 7) is 2.19. The zero-order valence-corrected chi connectivity index (χ0v) is 16.5. The normalized spacial score (nSPS) is 11.0. The predicted octanol–water partition coefficient (Wildman–Crippen LogP) is 2.75. The lowest BCUT2D eigenvalue weighted by atomic mass is 10.3. The van der Waals surface area contributed by atoms with E-state index in [1.807, 2.05) is 6.92 Å². The number of benzene rings is 1. The van der Waals surface area contributed by atoms with Crippen LogP contribution in [0.1, 0.15) is 22.1 Å². The summed E-state index contributed by atoms with van der Waals surface area (Å²) in [4.78, 5) is 29.5. The third-order valence-electron chi connectivity index (χ3n) is 4.12. The van der Waals surface area contributed by atoms with Gasteiger partial charge in [0.2, 0.25) is 5.82 Å². The van der Waals surface area contributed by atoms with Crippen molar-refractivity contribution in [2.75, 3.05) is 13.7 Å². The van der Waals surface area contributed by atoms with Crippen molar-refractivity contribution in [2.24, 2.45) is 0 Å². The third-order valence-corrected chi connectivity index (χ3v) is 4.36. The number of oxazole rings is 1. The van der Waals surface area contributed by atoms with E-state index in [0.29, 0.717) is 35.3 Å². The molecule has 1 amide bonds. The summed E-state index contributed by atoms with van der Waals surface area (Å²) < 4.78 is 12.6. The molecule has 0 bridgehead atoms. The number of imidazole rings is 1. The molecule has 0 aliphatic carbocycles. The van der Waals surface area contributed by atoms with Crippen LogP contribution in [-0.2, 0) is 6.42 Å². The van der Waals surface area contributed by atoms with Gasteiger partial charge in [-0.15, -0.1) is 0 Å². The number of ether oxygens (including phenoxy) is 1. The van der Waals surface area contributed by atoms with Crippen molar-refractivity contribution in [3.63, 3.8) is 0 Å². The van der Waals surface area contributed by atoms with Gasteiger partial charge in [-0.2, -0.15) is 0 Å². The van der Waals surface area contributed by atoms with E-state index in [2.05, 4.69) is 25.3 Å². The summed E-state index contributed by atoms with van der Waals surface area (Å²) in [5.41, 5.74) is 2.31. The Hall–Kier alpha value is -3.46. The van der Waals surface area contributed by atoms with Gasteiger partial charge in [0.15, 0.2) is 17.2 Å². The fourth-order valence-electron chi connectivity index (χ4n) is 2.75. The Morgan fingerprint density at radius 3 is 2.93 bits per heavy atom. The Balaban J connectivity index is 1.42. The Kier molecular flexibility index (Phi) is 5.13. The zero-order chi connectivity index (χ0) is 20.4. The van der Waals surface area contributed by atoms with Gasteiger partial charge in [-0.3, -0.25) is 9.36 Å². The van der Waals surface area contributed by atoms with E-state index in [-0.39, 0.29) is 17.5 Å². The largest absolute Gasteiger partial charge is 0.478 e. The SMILES string of the molecule is COc1nc(C(=O)NCCc2nc3ccc(Cl)cc3o2)cnc1-n1cnc(C)c1. The van der Waals surface area contributed by atoms with Crippen molar-refractivity contribution in [1.82, 2.24) is 29.8 Å². The fraction of sp³-hybridized carbons (Fsp3) is 0.211. The second-order valence-corrected chi connectivity index (χ2v) is 6.67. The molecular formula is C19H17ClN6O3. The van der Waals surface area contributed by atoms with Gasteiger partial charge < -0.3 is 14.5 Å². The van der Waals surface area contributed by atoms with Crippen molar-refractivity contribution in [1.29, 1.82) is 0 Å². The first-order valence-electron chi connectivity index (χ1n) is 8.78. The maximum atomic E-state index is 12.4. The van der Waals surface area contributed by atoms with Crippen LogP contribution in [0.4, 0.5) is 0 Å². The van der Waals surface area contributed by atoms with Gasteiger partial charge in [-0.25, -0.2) is 19.9 Å². The Labute approximate surface area is 170 Å². The number of halogens is 1. The van der Waals surface area contributed by atoms with Crippen LogP contribution >= 0.6 is 11.6 Å². The molecule has 1 N–H and O–H groups in total. The molecule has 0 unspecified atom stereocenters. The monoisotopic (exact) mass is 412 g/mol. The maximum absolute atomic E-state index is 12.4. The van der Waals surface area contributed by atoms with E-state index >= 15 is 0 Å². The molecule has 0 fully saturated rings. The molecule has 29 heavy (non-hydrogen) atoms. The average Bonchev–Trinajstić information content (AvgIpc) is 3.32. The predicted molar refractivity (Wildman–Crippen MR) is 105 cm³/mol. The number of nitrogens with zero attached hydrogens (tertiary/aromatic N) is 5. The van der Waals surface area contributed by atoms with Gasteiger partial charge in [0.25, 0.3) is 11.8 Å². The molecule has 0 spiro atoms. The molecule has 3 aromatic heterocycles. The smallest absolute Gasteiger partial charge is 0.271 e. The first-order chi connectivity index (χ1) is 14.0. The van der Waals surface area contributed by atoms with Gasteiger partial charge in [0.05, 0.1) is 19.0 Å². The molecule has 148 valence electrons. The van der Waals surface area contributed by atoms with Crippen LogP contribution in [-0.4, -0.2) is 44.1 Å². The zero-order valence-electron chi connectivity index (χ0n) is 15.7. The van der Waals surface area contributed by atoms with Gasteiger partial charge in [0, 0.05) is 30.3 Å². The van der Waals surface area contributed by atoms with E-state index in [1.54, 1.807) is 35.3 Å². The number of amides is 1. The number of fused-ring (bicyclic) bond motifs is 1. The number of rotatable bonds is 6. The van der Waals surface area contributed by atoms with Crippen molar-refractivity contribution in [3.05, 3.63) is 59.2 Å². The number of hydrogen-bond donors (Lipinski definition) is 1. The molecule has 0 saturated carbocycles. The second-order valence-electron chi connectivity index (χ2n) is 6.24. The van der Waals surface area contributed by atoms with Crippen molar-refractivity contribution in [3.8, 4) is 11.7 Å². The number of aryl methyl sites for hydroxylation is 1. The van der Waals surface area contributed by atoms with Crippen molar-refractivity contribution < 1.29 is 13.9 Å². The lowest BCUT2D eigenvalue weighted by Crippen LogP contribution is -2.27. The highest BCUT2D eigenvalue weighted by molar-refractivity contribution is 6.31. The summed E-state index contributed by atoms with van der Waals surface area (Å²) in [7, 11) is 1.47. The average molecular weight is 413 g/mol. The molecule has 0 atom stereocenters. The Morgan fingerprint density at radius 1 is 1.31 bits per heavy atom. The Bertz CT molecular complexity index is 1190. The summed E-state index contributed by atoms with van der Waals surface area (Å²) >= 11 is 5.94. The van der Waals surface area contributed by atoms with E-state index < -0.39 is 0 Å². The van der Waals surface area contributed by atoms with Crippen LogP contribution in [0, 0.1) is 6.92 Å². The van der Waals surface area contributed by atoms with Crippen LogP contribution in [0.5, 0.6) is 5.88 Å². The minimum absolute atomic E-state index is 0.145. The molecule has 4 aromatic rings. The molecule has 0 aliphatic heterocycles. The first-order valence-corrected chi connectivity index (χ1v) is 9.16. The van der Waals surface area contributed by atoms with Crippen molar-refractivity contribution >= 4 is 28.6 Å². The van der Waals surface area contributed by atoms with Crippen molar-refractivity contribution in [2.45, 2.75) is 13.3 Å². The van der Waals surface area contributed by atoms with E-state index in [1.165, 1.54) is 13.3 Å². The van der Waals surface area contributed by atoms with Gasteiger partial charge in [-0.05, 0) is 19.1 Å². The van der Waals surface area contributed by atoms with Gasteiger partial charge in [0.1, 0.15) is 11.8 Å². The fourth-order valence-corrected chi connectivity index (χ4v) is 2.91. The molecule has 3 heterocycles. The summed E-state index contributed by atoms with van der Waals surface area (Å²) in [6, 6.07) is 5.24. The topological polar surface area (TPSA) is 108 Å². The molecule has 4 rings (SSSR count). The Morgan fingerprint density at radius 2 is 2.17 bits per heavy atom. The van der Waals surface area contributed by atoms with Crippen LogP contribution < -0.4 is 10.1 Å². The molecular weight excluding hydrogens is 396 g/mol. The summed E-state index contributed by atoms with van der Waals surface area (Å²) in [5.74, 6) is 0.820. The highest BCUT2D eigenvalue weighted by Gasteiger charge is 2.15. The first kappa shape index (κ1) is 18.9. The van der Waals surface area contributed by atoms with Crippen LogP contribution in [0.25, 0.3) is 16.9 Å². The standard InChI is InChI=1S/C19H17ClN6O3/c1-11-9-26(10-23-11)17-19(28-2)25-14(8-22-17)18(27)21-6-5-16-24-13-4-3-12(20)7-15(13)29-16/h3-4,7-10H,5-6H2,1-2H3,(H,21,27). The van der Waals surface area contributed by atoms with E-state index in [0.717, 1.165) is 11.2 Å². The lowest BCUT2D eigenvalue weighted by Gasteiger charge is -2.09. The molecule has 1 aromatic carbocycles. The number of carbonyl (C=O) groups is 1. The highest BCUT2D eigenvalue weighted by Crippen LogP contribution is 2.20. The number of methoxy groups -OCH3 is 1.